The molecule has 0 unspecified atom stereocenters. The average molecular weight is 392 g/mol. The number of aromatic nitrogens is 3. The van der Waals surface area contributed by atoms with Crippen LogP contribution >= 0.6 is 11.3 Å². The third-order valence-electron chi connectivity index (χ3n) is 4.65. The first-order valence-electron chi connectivity index (χ1n) is 8.45. The molecule has 9 heteroatoms. The quantitative estimate of drug-likeness (QED) is 0.658. The van der Waals surface area contributed by atoms with Crippen LogP contribution in [0.25, 0.3) is 10.2 Å². The van der Waals surface area contributed by atoms with Gasteiger partial charge in [-0.05, 0) is 31.0 Å². The second-order valence-electron chi connectivity index (χ2n) is 6.39. The molecule has 1 aliphatic rings. The Morgan fingerprint density at radius 2 is 1.96 bits per heavy atom. The second kappa shape index (κ2) is 6.88. The van der Waals surface area contributed by atoms with Crippen molar-refractivity contribution in [2.45, 2.75) is 24.9 Å². The highest BCUT2D eigenvalue weighted by Crippen LogP contribution is 2.37. The summed E-state index contributed by atoms with van der Waals surface area (Å²) in [5, 5.41) is 0.830. The molecule has 0 N–H and O–H groups in total. The predicted octanol–water partition coefficient (Wildman–Crippen LogP) is 4.12. The van der Waals surface area contributed by atoms with Crippen LogP contribution in [0.1, 0.15) is 39.8 Å². The molecule has 0 atom stereocenters. The highest BCUT2D eigenvalue weighted by atomic mass is 32.1. The molecule has 5 nitrogen and oxygen atoms in total. The summed E-state index contributed by atoms with van der Waals surface area (Å²) < 4.78 is 39.3. The number of hydrogen-bond acceptors (Lipinski definition) is 5. The SMILES string of the molecule is O=C(c1cnccn1)N1CCC(c2nc3cc(C(F)(F)F)ccc3s2)CC1. The maximum absolute atomic E-state index is 12.9. The van der Waals surface area contributed by atoms with Crippen LogP contribution in [0.5, 0.6) is 0 Å². The number of alkyl halides is 3. The van der Waals surface area contributed by atoms with Crippen LogP contribution < -0.4 is 0 Å². The normalized spacial score (nSPS) is 16.0. The van der Waals surface area contributed by atoms with Gasteiger partial charge in [0.2, 0.25) is 0 Å². The highest BCUT2D eigenvalue weighted by molar-refractivity contribution is 7.18. The number of hydrogen-bond donors (Lipinski definition) is 0. The maximum atomic E-state index is 12.9. The van der Waals surface area contributed by atoms with E-state index in [-0.39, 0.29) is 11.8 Å². The van der Waals surface area contributed by atoms with Crippen molar-refractivity contribution in [2.24, 2.45) is 0 Å². The molecule has 1 amide bonds. The number of carbonyl (C=O) groups excluding carboxylic acids is 1. The number of likely N-dealkylation sites (tertiary alicyclic amines) is 1. The Morgan fingerprint density at radius 1 is 1.19 bits per heavy atom. The standard InChI is InChI=1S/C18H15F3N4OS/c19-18(20,21)12-1-2-15-13(9-12)24-16(27-15)11-3-7-25(8-4-11)17(26)14-10-22-5-6-23-14/h1-2,5-6,9-11H,3-4,7-8H2. The summed E-state index contributed by atoms with van der Waals surface area (Å²) in [6, 6.07) is 3.67. The number of benzene rings is 1. The van der Waals surface area contributed by atoms with Crippen LogP contribution in [0.3, 0.4) is 0 Å². The number of carbonyl (C=O) groups is 1. The van der Waals surface area contributed by atoms with Crippen molar-refractivity contribution in [3.8, 4) is 0 Å². The average Bonchev–Trinajstić information content (AvgIpc) is 3.11. The summed E-state index contributed by atoms with van der Waals surface area (Å²) in [7, 11) is 0. The molecular weight excluding hydrogens is 377 g/mol. The summed E-state index contributed by atoms with van der Waals surface area (Å²) in [6.45, 7) is 1.12. The first kappa shape index (κ1) is 17.8. The molecule has 2 aromatic heterocycles. The summed E-state index contributed by atoms with van der Waals surface area (Å²) in [6.07, 6.45) is 1.51. The summed E-state index contributed by atoms with van der Waals surface area (Å²) >= 11 is 1.42. The molecule has 0 bridgehead atoms. The lowest BCUT2D eigenvalue weighted by molar-refractivity contribution is -0.137. The molecule has 1 aliphatic heterocycles. The van der Waals surface area contributed by atoms with E-state index in [2.05, 4.69) is 15.0 Å². The van der Waals surface area contributed by atoms with Crippen LogP contribution in [-0.4, -0.2) is 38.8 Å². The van der Waals surface area contributed by atoms with Gasteiger partial charge in [-0.3, -0.25) is 9.78 Å². The van der Waals surface area contributed by atoms with Gasteiger partial charge >= 0.3 is 6.18 Å². The number of rotatable bonds is 2. The number of fused-ring (bicyclic) bond motifs is 1. The van der Waals surface area contributed by atoms with Gasteiger partial charge in [0.1, 0.15) is 5.69 Å². The predicted molar refractivity (Wildman–Crippen MR) is 94.5 cm³/mol. The summed E-state index contributed by atoms with van der Waals surface area (Å²) in [5.74, 6) is -0.0108. The van der Waals surface area contributed by atoms with E-state index in [1.807, 2.05) is 0 Å². The first-order valence-corrected chi connectivity index (χ1v) is 9.26. The Labute approximate surface area is 156 Å². The van der Waals surface area contributed by atoms with Crippen molar-refractivity contribution in [2.75, 3.05) is 13.1 Å². The number of nitrogens with zero attached hydrogens (tertiary/aromatic N) is 4. The van der Waals surface area contributed by atoms with E-state index in [0.29, 0.717) is 24.3 Å². The van der Waals surface area contributed by atoms with Crippen molar-refractivity contribution in [3.05, 3.63) is 53.1 Å². The molecule has 27 heavy (non-hydrogen) atoms. The topological polar surface area (TPSA) is 59.0 Å². The lowest BCUT2D eigenvalue weighted by Gasteiger charge is -2.30. The summed E-state index contributed by atoms with van der Waals surface area (Å²) in [4.78, 5) is 26.5. The van der Waals surface area contributed by atoms with E-state index in [0.717, 1.165) is 34.7 Å². The fourth-order valence-electron chi connectivity index (χ4n) is 3.20. The minimum absolute atomic E-state index is 0.141. The molecule has 1 saturated heterocycles. The van der Waals surface area contributed by atoms with Gasteiger partial charge in [0.15, 0.2) is 0 Å². The molecule has 3 heterocycles. The van der Waals surface area contributed by atoms with E-state index in [9.17, 15) is 18.0 Å². The van der Waals surface area contributed by atoms with Crippen LogP contribution in [0.4, 0.5) is 13.2 Å². The van der Waals surface area contributed by atoms with Crippen molar-refractivity contribution in [1.82, 2.24) is 19.9 Å². The third-order valence-corrected chi connectivity index (χ3v) is 5.84. The molecule has 0 aliphatic carbocycles. The monoisotopic (exact) mass is 392 g/mol. The van der Waals surface area contributed by atoms with E-state index >= 15 is 0 Å². The van der Waals surface area contributed by atoms with Gasteiger partial charge in [0.25, 0.3) is 5.91 Å². The van der Waals surface area contributed by atoms with Crippen LogP contribution in [0.15, 0.2) is 36.8 Å². The zero-order chi connectivity index (χ0) is 19.0. The molecule has 3 aromatic rings. The smallest absolute Gasteiger partial charge is 0.337 e. The molecule has 1 fully saturated rings. The fraction of sp³-hybridized carbons (Fsp3) is 0.333. The molecule has 140 valence electrons. The molecule has 4 rings (SSSR count). The molecule has 0 spiro atoms. The second-order valence-corrected chi connectivity index (χ2v) is 7.45. The van der Waals surface area contributed by atoms with E-state index < -0.39 is 11.7 Å². The Balaban J connectivity index is 1.47. The van der Waals surface area contributed by atoms with Gasteiger partial charge in [0.05, 0.1) is 27.0 Å². The van der Waals surface area contributed by atoms with Gasteiger partial charge in [-0.15, -0.1) is 11.3 Å². The zero-order valence-electron chi connectivity index (χ0n) is 14.1. The van der Waals surface area contributed by atoms with Crippen molar-refractivity contribution in [3.63, 3.8) is 0 Å². The van der Waals surface area contributed by atoms with Crippen molar-refractivity contribution >= 4 is 27.5 Å². The molecule has 0 radical (unpaired) electrons. The fourth-order valence-corrected chi connectivity index (χ4v) is 4.31. The van der Waals surface area contributed by atoms with Crippen LogP contribution in [0, 0.1) is 0 Å². The van der Waals surface area contributed by atoms with E-state index in [1.54, 1.807) is 4.90 Å². The number of thiazole rings is 1. The van der Waals surface area contributed by atoms with E-state index in [4.69, 9.17) is 0 Å². The zero-order valence-corrected chi connectivity index (χ0v) is 14.9. The number of halogens is 3. The Kier molecular flexibility index (Phi) is 4.55. The minimum atomic E-state index is -4.37. The van der Waals surface area contributed by atoms with Crippen LogP contribution in [0.2, 0.25) is 0 Å². The number of amides is 1. The largest absolute Gasteiger partial charge is 0.416 e. The van der Waals surface area contributed by atoms with Crippen molar-refractivity contribution < 1.29 is 18.0 Å². The Bertz CT molecular complexity index is 966. The molecule has 0 saturated carbocycles. The van der Waals surface area contributed by atoms with E-state index in [1.165, 1.54) is 36.0 Å². The van der Waals surface area contributed by atoms with Gasteiger partial charge < -0.3 is 4.90 Å². The Morgan fingerprint density at radius 3 is 2.63 bits per heavy atom. The summed E-state index contributed by atoms with van der Waals surface area (Å²) in [5.41, 5.74) is 0.00902. The Hall–Kier alpha value is -2.55. The maximum Gasteiger partial charge on any atom is 0.416 e. The first-order chi connectivity index (χ1) is 12.9. The van der Waals surface area contributed by atoms with Gasteiger partial charge in [-0.25, -0.2) is 9.97 Å². The van der Waals surface area contributed by atoms with Gasteiger partial charge in [-0.2, -0.15) is 13.2 Å². The van der Waals surface area contributed by atoms with Crippen LogP contribution in [-0.2, 0) is 6.18 Å². The number of piperidine rings is 1. The minimum Gasteiger partial charge on any atom is -0.337 e. The van der Waals surface area contributed by atoms with Crippen molar-refractivity contribution in [1.29, 1.82) is 0 Å². The third kappa shape index (κ3) is 3.64. The molecule has 1 aromatic carbocycles. The highest BCUT2D eigenvalue weighted by Gasteiger charge is 2.31. The lowest BCUT2D eigenvalue weighted by atomic mass is 9.97. The lowest BCUT2D eigenvalue weighted by Crippen LogP contribution is -2.38. The molecular formula is C18H15F3N4OS. The van der Waals surface area contributed by atoms with Gasteiger partial charge in [-0.1, -0.05) is 0 Å². The van der Waals surface area contributed by atoms with Gasteiger partial charge in [0, 0.05) is 31.4 Å².